The fourth-order valence-corrected chi connectivity index (χ4v) is 0.994. The van der Waals surface area contributed by atoms with E-state index in [4.69, 9.17) is 5.73 Å². The Morgan fingerprint density at radius 3 is 2.75 bits per heavy atom. The highest BCUT2D eigenvalue weighted by molar-refractivity contribution is 5.93. The summed E-state index contributed by atoms with van der Waals surface area (Å²) in [7, 11) is 0. The first kappa shape index (κ1) is 9.22. The lowest BCUT2D eigenvalue weighted by atomic mass is 10.0. The molecule has 0 aliphatic carbocycles. The number of nitrogens with two attached hydrogens (primary N) is 1. The summed E-state index contributed by atoms with van der Waals surface area (Å²) in [6.45, 7) is 4.59. The lowest BCUT2D eigenvalue weighted by Gasteiger charge is -2.21. The molecular formula is C8H15N3O. The van der Waals surface area contributed by atoms with E-state index in [1.54, 1.807) is 0 Å². The van der Waals surface area contributed by atoms with E-state index in [9.17, 15) is 4.79 Å². The average Bonchev–Trinajstić information content (AvgIpc) is 1.96. The molecule has 1 aliphatic heterocycles. The summed E-state index contributed by atoms with van der Waals surface area (Å²) in [5.41, 5.74) is 7.29. The molecule has 1 fully saturated rings. The summed E-state index contributed by atoms with van der Waals surface area (Å²) in [6.07, 6.45) is 0. The zero-order valence-corrected chi connectivity index (χ0v) is 7.31. The lowest BCUT2D eigenvalue weighted by molar-refractivity contribution is -0.117. The maximum Gasteiger partial charge on any atom is 0.247 e. The van der Waals surface area contributed by atoms with Gasteiger partial charge in [-0.05, 0) is 12.5 Å². The third kappa shape index (κ3) is 2.06. The Balaban J connectivity index is 2.40. The van der Waals surface area contributed by atoms with Gasteiger partial charge in [-0.1, -0.05) is 0 Å². The lowest BCUT2D eigenvalue weighted by Crippen LogP contribution is -2.38. The Hall–Kier alpha value is -0.870. The molecule has 1 heterocycles. The van der Waals surface area contributed by atoms with Crippen LogP contribution in [-0.4, -0.2) is 32.1 Å². The normalized spacial score (nSPS) is 15.3. The van der Waals surface area contributed by atoms with E-state index < -0.39 is 0 Å². The van der Waals surface area contributed by atoms with Gasteiger partial charge in [0, 0.05) is 31.8 Å². The van der Waals surface area contributed by atoms with Gasteiger partial charge in [0.2, 0.25) is 5.91 Å². The Bertz CT molecular complexity index is 204. The molecule has 12 heavy (non-hydrogen) atoms. The van der Waals surface area contributed by atoms with Gasteiger partial charge < -0.3 is 16.4 Å². The van der Waals surface area contributed by atoms with Crippen molar-refractivity contribution in [2.75, 3.05) is 26.2 Å². The fraction of sp³-hybridized carbons (Fsp3) is 0.625. The zero-order chi connectivity index (χ0) is 8.97. The molecule has 0 radical (unpaired) electrons. The second-order valence-corrected chi connectivity index (χ2v) is 2.88. The van der Waals surface area contributed by atoms with Crippen molar-refractivity contribution in [3.05, 3.63) is 11.1 Å². The first-order valence-corrected chi connectivity index (χ1v) is 4.13. The van der Waals surface area contributed by atoms with Crippen LogP contribution in [0.15, 0.2) is 11.1 Å². The van der Waals surface area contributed by atoms with Gasteiger partial charge >= 0.3 is 0 Å². The van der Waals surface area contributed by atoms with Crippen LogP contribution in [0.2, 0.25) is 0 Å². The van der Waals surface area contributed by atoms with Gasteiger partial charge in [0.25, 0.3) is 0 Å². The minimum atomic E-state index is 0.0111. The molecule has 4 N–H and O–H groups in total. The van der Waals surface area contributed by atoms with E-state index in [0.717, 1.165) is 18.7 Å². The van der Waals surface area contributed by atoms with Gasteiger partial charge in [0.1, 0.15) is 0 Å². The molecule has 1 rings (SSSR count). The smallest absolute Gasteiger partial charge is 0.247 e. The monoisotopic (exact) mass is 169 g/mol. The van der Waals surface area contributed by atoms with E-state index >= 15 is 0 Å². The largest absolute Gasteiger partial charge is 0.351 e. The predicted molar refractivity (Wildman–Crippen MR) is 47.6 cm³/mol. The Kier molecular flexibility index (Phi) is 3.25. The van der Waals surface area contributed by atoms with Crippen LogP contribution in [0.5, 0.6) is 0 Å². The number of carbonyl (C=O) groups excluding carboxylic acids is 1. The molecule has 1 saturated heterocycles. The van der Waals surface area contributed by atoms with Gasteiger partial charge in [-0.2, -0.15) is 0 Å². The van der Waals surface area contributed by atoms with Crippen molar-refractivity contribution >= 4 is 5.91 Å². The SMILES string of the molecule is CC(C(=O)NCCN)=C1CNC1. The number of hydrogen-bond acceptors (Lipinski definition) is 3. The second kappa shape index (κ2) is 4.23. The van der Waals surface area contributed by atoms with Crippen molar-refractivity contribution in [3.8, 4) is 0 Å². The van der Waals surface area contributed by atoms with Crippen molar-refractivity contribution in [1.29, 1.82) is 0 Å². The van der Waals surface area contributed by atoms with E-state index in [1.165, 1.54) is 5.57 Å². The molecule has 0 unspecified atom stereocenters. The molecule has 68 valence electrons. The van der Waals surface area contributed by atoms with Crippen molar-refractivity contribution in [1.82, 2.24) is 10.6 Å². The minimum absolute atomic E-state index is 0.0111. The van der Waals surface area contributed by atoms with Crippen molar-refractivity contribution < 1.29 is 4.79 Å². The van der Waals surface area contributed by atoms with Crippen LogP contribution in [0.25, 0.3) is 0 Å². The maximum absolute atomic E-state index is 11.3. The van der Waals surface area contributed by atoms with Crippen LogP contribution >= 0.6 is 0 Å². The van der Waals surface area contributed by atoms with E-state index in [-0.39, 0.29) is 5.91 Å². The summed E-state index contributed by atoms with van der Waals surface area (Å²) < 4.78 is 0. The molecule has 4 nitrogen and oxygen atoms in total. The quantitative estimate of drug-likeness (QED) is 0.474. The van der Waals surface area contributed by atoms with Crippen molar-refractivity contribution in [3.63, 3.8) is 0 Å². The van der Waals surface area contributed by atoms with Crippen LogP contribution in [0.4, 0.5) is 0 Å². The number of nitrogens with one attached hydrogen (secondary N) is 2. The fourth-order valence-electron chi connectivity index (χ4n) is 0.994. The van der Waals surface area contributed by atoms with Gasteiger partial charge in [0.05, 0.1) is 0 Å². The molecule has 0 spiro atoms. The number of carbonyl (C=O) groups is 1. The summed E-state index contributed by atoms with van der Waals surface area (Å²) in [5.74, 6) is 0.0111. The third-order valence-corrected chi connectivity index (χ3v) is 1.98. The maximum atomic E-state index is 11.3. The Morgan fingerprint density at radius 1 is 1.67 bits per heavy atom. The first-order chi connectivity index (χ1) is 5.75. The van der Waals surface area contributed by atoms with Crippen LogP contribution in [-0.2, 0) is 4.79 Å². The Labute approximate surface area is 72.2 Å². The molecular weight excluding hydrogens is 154 g/mol. The highest BCUT2D eigenvalue weighted by Gasteiger charge is 2.14. The summed E-state index contributed by atoms with van der Waals surface area (Å²) in [6, 6.07) is 0. The molecule has 1 aliphatic rings. The molecule has 0 atom stereocenters. The summed E-state index contributed by atoms with van der Waals surface area (Å²) in [4.78, 5) is 11.3. The summed E-state index contributed by atoms with van der Waals surface area (Å²) >= 11 is 0. The average molecular weight is 169 g/mol. The molecule has 0 bridgehead atoms. The van der Waals surface area contributed by atoms with Crippen molar-refractivity contribution in [2.45, 2.75) is 6.92 Å². The molecule has 4 heteroatoms. The molecule has 0 aromatic carbocycles. The first-order valence-electron chi connectivity index (χ1n) is 4.13. The van der Waals surface area contributed by atoms with Gasteiger partial charge in [-0.25, -0.2) is 0 Å². The number of amides is 1. The highest BCUT2D eigenvalue weighted by Crippen LogP contribution is 2.07. The molecule has 1 amide bonds. The van der Waals surface area contributed by atoms with Crippen LogP contribution < -0.4 is 16.4 Å². The predicted octanol–water partition coefficient (Wildman–Crippen LogP) is -1.02. The van der Waals surface area contributed by atoms with E-state index in [2.05, 4.69) is 10.6 Å². The van der Waals surface area contributed by atoms with Crippen molar-refractivity contribution in [2.24, 2.45) is 5.73 Å². The van der Waals surface area contributed by atoms with Crippen LogP contribution in [0, 0.1) is 0 Å². The molecule has 0 saturated carbocycles. The van der Waals surface area contributed by atoms with Crippen LogP contribution in [0.1, 0.15) is 6.92 Å². The number of hydrogen-bond donors (Lipinski definition) is 3. The highest BCUT2D eigenvalue weighted by atomic mass is 16.1. The topological polar surface area (TPSA) is 67.2 Å². The van der Waals surface area contributed by atoms with E-state index in [1.807, 2.05) is 6.92 Å². The second-order valence-electron chi connectivity index (χ2n) is 2.88. The van der Waals surface area contributed by atoms with Crippen LogP contribution in [0.3, 0.4) is 0 Å². The standard InChI is InChI=1S/C8H15N3O/c1-6(7-4-10-5-7)8(12)11-3-2-9/h10H,2-5,9H2,1H3,(H,11,12). The minimum Gasteiger partial charge on any atom is -0.351 e. The van der Waals surface area contributed by atoms with E-state index in [0.29, 0.717) is 13.1 Å². The van der Waals surface area contributed by atoms with Gasteiger partial charge in [-0.3, -0.25) is 4.79 Å². The zero-order valence-electron chi connectivity index (χ0n) is 7.31. The molecule has 0 aromatic heterocycles. The summed E-state index contributed by atoms with van der Waals surface area (Å²) in [5, 5.41) is 5.82. The Morgan fingerprint density at radius 2 is 2.33 bits per heavy atom. The van der Waals surface area contributed by atoms with Gasteiger partial charge in [-0.15, -0.1) is 0 Å². The number of rotatable bonds is 3. The van der Waals surface area contributed by atoms with Gasteiger partial charge in [0.15, 0.2) is 0 Å². The third-order valence-electron chi connectivity index (χ3n) is 1.98. The molecule has 0 aromatic rings.